The summed E-state index contributed by atoms with van der Waals surface area (Å²) in [4.78, 5) is 4.60. The van der Waals surface area contributed by atoms with E-state index in [1.54, 1.807) is 6.07 Å². The number of aryl methyl sites for hydroxylation is 2. The van der Waals surface area contributed by atoms with Gasteiger partial charge in [-0.15, -0.1) is 0 Å². The van der Waals surface area contributed by atoms with Gasteiger partial charge in [0.05, 0.1) is 12.2 Å². The number of imidazole rings is 1. The number of nitrogens with zero attached hydrogens (tertiary/aromatic N) is 2. The Bertz CT molecular complexity index is 563. The van der Waals surface area contributed by atoms with Crippen LogP contribution >= 0.6 is 22.6 Å². The molecule has 4 heteroatoms. The molecule has 0 amide bonds. The number of halogens is 2. The summed E-state index contributed by atoms with van der Waals surface area (Å²) in [5.74, 6) is 0.915. The lowest BCUT2D eigenvalue weighted by molar-refractivity contribution is 0.592. The van der Waals surface area contributed by atoms with E-state index < -0.39 is 0 Å². The molecule has 0 atom stereocenters. The number of aromatic nitrogens is 2. The minimum Gasteiger partial charge on any atom is -0.330 e. The molecule has 0 unspecified atom stereocenters. The Kier molecular flexibility index (Phi) is 4.96. The largest absolute Gasteiger partial charge is 0.330 e. The van der Waals surface area contributed by atoms with Crippen molar-refractivity contribution in [2.75, 3.05) is 0 Å². The molecule has 2 aromatic rings. The maximum atomic E-state index is 13.9. The highest BCUT2D eigenvalue weighted by Gasteiger charge is 2.09. The van der Waals surface area contributed by atoms with Gasteiger partial charge in [-0.25, -0.2) is 9.37 Å². The van der Waals surface area contributed by atoms with Gasteiger partial charge in [-0.05, 0) is 47.6 Å². The highest BCUT2D eigenvalue weighted by molar-refractivity contribution is 14.1. The molecule has 0 saturated carbocycles. The maximum absolute atomic E-state index is 13.9. The lowest BCUT2D eigenvalue weighted by atomic mass is 10.2. The second kappa shape index (κ2) is 6.50. The van der Waals surface area contributed by atoms with Crippen LogP contribution in [0.15, 0.2) is 24.4 Å². The van der Waals surface area contributed by atoms with Crippen molar-refractivity contribution in [3.8, 4) is 0 Å². The van der Waals surface area contributed by atoms with E-state index in [2.05, 4.69) is 46.0 Å². The molecule has 1 aromatic heterocycles. The zero-order valence-corrected chi connectivity index (χ0v) is 13.4. The van der Waals surface area contributed by atoms with Crippen molar-refractivity contribution in [3.63, 3.8) is 0 Å². The Morgan fingerprint density at radius 3 is 2.74 bits per heavy atom. The van der Waals surface area contributed by atoms with E-state index in [1.165, 1.54) is 0 Å². The Hall–Kier alpha value is -0.910. The van der Waals surface area contributed by atoms with Crippen molar-refractivity contribution in [1.82, 2.24) is 9.55 Å². The van der Waals surface area contributed by atoms with E-state index in [0.717, 1.165) is 39.9 Å². The van der Waals surface area contributed by atoms with Crippen molar-refractivity contribution in [1.29, 1.82) is 0 Å². The smallest absolute Gasteiger partial charge is 0.129 e. The fourth-order valence-electron chi connectivity index (χ4n) is 2.08. The lowest BCUT2D eigenvalue weighted by Crippen LogP contribution is -2.05. The van der Waals surface area contributed by atoms with E-state index in [9.17, 15) is 4.39 Å². The first kappa shape index (κ1) is 14.5. The van der Waals surface area contributed by atoms with Crippen molar-refractivity contribution in [2.24, 2.45) is 0 Å². The molecule has 19 heavy (non-hydrogen) atoms. The summed E-state index contributed by atoms with van der Waals surface area (Å²) < 4.78 is 16.9. The third kappa shape index (κ3) is 3.55. The van der Waals surface area contributed by atoms with Gasteiger partial charge in [-0.2, -0.15) is 0 Å². The van der Waals surface area contributed by atoms with Gasteiger partial charge in [-0.3, -0.25) is 0 Å². The van der Waals surface area contributed by atoms with Crippen molar-refractivity contribution >= 4 is 22.6 Å². The third-order valence-corrected chi connectivity index (χ3v) is 3.77. The first-order valence-corrected chi connectivity index (χ1v) is 7.70. The van der Waals surface area contributed by atoms with Crippen LogP contribution in [0.5, 0.6) is 0 Å². The maximum Gasteiger partial charge on any atom is 0.129 e. The average molecular weight is 372 g/mol. The SMILES string of the molecule is CCCc1nc(CC)cn1Cc1ccc(I)cc1F. The van der Waals surface area contributed by atoms with Crippen molar-refractivity contribution in [3.05, 3.63) is 50.9 Å². The Morgan fingerprint density at radius 1 is 1.32 bits per heavy atom. The van der Waals surface area contributed by atoms with E-state index in [0.29, 0.717) is 6.54 Å². The van der Waals surface area contributed by atoms with E-state index >= 15 is 0 Å². The van der Waals surface area contributed by atoms with Crippen LogP contribution in [0, 0.1) is 9.39 Å². The lowest BCUT2D eigenvalue weighted by Gasteiger charge is -2.08. The second-order valence-corrected chi connectivity index (χ2v) is 5.86. The number of benzene rings is 1. The first-order valence-electron chi connectivity index (χ1n) is 6.62. The van der Waals surface area contributed by atoms with Crippen LogP contribution in [0.2, 0.25) is 0 Å². The van der Waals surface area contributed by atoms with Crippen LogP contribution in [-0.4, -0.2) is 9.55 Å². The molecule has 0 aliphatic carbocycles. The molecule has 0 saturated heterocycles. The Morgan fingerprint density at radius 2 is 2.11 bits per heavy atom. The molecule has 0 radical (unpaired) electrons. The average Bonchev–Trinajstić information content (AvgIpc) is 2.76. The summed E-state index contributed by atoms with van der Waals surface area (Å²) in [7, 11) is 0. The van der Waals surface area contributed by atoms with Gasteiger partial charge in [0.2, 0.25) is 0 Å². The molecular weight excluding hydrogens is 354 g/mol. The van der Waals surface area contributed by atoms with Gasteiger partial charge in [-0.1, -0.05) is 19.9 Å². The molecule has 0 N–H and O–H groups in total. The van der Waals surface area contributed by atoms with Crippen LogP contribution in [0.25, 0.3) is 0 Å². The molecule has 102 valence electrons. The first-order chi connectivity index (χ1) is 9.13. The number of hydrogen-bond donors (Lipinski definition) is 0. The van der Waals surface area contributed by atoms with Gasteiger partial charge in [0, 0.05) is 21.8 Å². The summed E-state index contributed by atoms with van der Waals surface area (Å²) >= 11 is 2.12. The molecule has 2 rings (SSSR count). The normalized spacial score (nSPS) is 10.9. The number of hydrogen-bond acceptors (Lipinski definition) is 1. The van der Waals surface area contributed by atoms with Gasteiger partial charge < -0.3 is 4.57 Å². The minimum atomic E-state index is -0.138. The van der Waals surface area contributed by atoms with Gasteiger partial charge in [0.15, 0.2) is 0 Å². The highest BCUT2D eigenvalue weighted by atomic mass is 127. The van der Waals surface area contributed by atoms with Crippen LogP contribution in [0.3, 0.4) is 0 Å². The van der Waals surface area contributed by atoms with Crippen LogP contribution in [0.1, 0.15) is 37.4 Å². The molecule has 0 spiro atoms. The predicted octanol–water partition coefficient (Wildman–Crippen LogP) is 4.19. The second-order valence-electron chi connectivity index (χ2n) is 4.62. The van der Waals surface area contributed by atoms with E-state index in [-0.39, 0.29) is 5.82 Å². The van der Waals surface area contributed by atoms with Crippen molar-refractivity contribution < 1.29 is 4.39 Å². The summed E-state index contributed by atoms with van der Waals surface area (Å²) in [5.41, 5.74) is 1.80. The quantitative estimate of drug-likeness (QED) is 0.720. The third-order valence-electron chi connectivity index (χ3n) is 3.10. The standard InChI is InChI=1S/C15H18FIN2/c1-3-5-15-18-13(4-2)10-19(15)9-11-6-7-12(17)8-14(11)16/h6-8,10H,3-5,9H2,1-2H3. The zero-order chi connectivity index (χ0) is 13.8. The predicted molar refractivity (Wildman–Crippen MR) is 83.8 cm³/mol. The molecule has 0 fully saturated rings. The summed E-state index contributed by atoms with van der Waals surface area (Å²) in [5, 5.41) is 0. The van der Waals surface area contributed by atoms with Crippen LogP contribution in [-0.2, 0) is 19.4 Å². The Labute approximate surface area is 127 Å². The monoisotopic (exact) mass is 372 g/mol. The molecular formula is C15H18FIN2. The molecule has 1 aromatic carbocycles. The molecule has 0 bridgehead atoms. The minimum absolute atomic E-state index is 0.138. The van der Waals surface area contributed by atoms with Crippen LogP contribution < -0.4 is 0 Å². The van der Waals surface area contributed by atoms with Gasteiger partial charge >= 0.3 is 0 Å². The topological polar surface area (TPSA) is 17.8 Å². The fraction of sp³-hybridized carbons (Fsp3) is 0.400. The summed E-state index contributed by atoms with van der Waals surface area (Å²) in [6.07, 6.45) is 4.95. The van der Waals surface area contributed by atoms with E-state index in [4.69, 9.17) is 0 Å². The summed E-state index contributed by atoms with van der Waals surface area (Å²) in [6, 6.07) is 5.38. The van der Waals surface area contributed by atoms with E-state index in [1.807, 2.05) is 18.3 Å². The zero-order valence-electron chi connectivity index (χ0n) is 11.3. The molecule has 2 nitrogen and oxygen atoms in total. The number of rotatable bonds is 5. The molecule has 0 aliphatic heterocycles. The van der Waals surface area contributed by atoms with Crippen LogP contribution in [0.4, 0.5) is 4.39 Å². The fourth-order valence-corrected chi connectivity index (χ4v) is 2.53. The molecule has 0 aliphatic rings. The van der Waals surface area contributed by atoms with Gasteiger partial charge in [0.1, 0.15) is 11.6 Å². The Balaban J connectivity index is 2.28. The highest BCUT2D eigenvalue weighted by Crippen LogP contribution is 2.16. The summed E-state index contributed by atoms with van der Waals surface area (Å²) in [6.45, 7) is 4.79. The van der Waals surface area contributed by atoms with Crippen molar-refractivity contribution in [2.45, 2.75) is 39.7 Å². The molecule has 1 heterocycles. The van der Waals surface area contributed by atoms with Gasteiger partial charge in [0.25, 0.3) is 0 Å².